The Morgan fingerprint density at radius 1 is 1.21 bits per heavy atom. The minimum atomic E-state index is -0.410. The molecule has 0 fully saturated rings. The number of nitrogens with zero attached hydrogens (tertiary/aromatic N) is 1. The van der Waals surface area contributed by atoms with Gasteiger partial charge in [0.05, 0.1) is 12.0 Å². The van der Waals surface area contributed by atoms with Gasteiger partial charge >= 0.3 is 0 Å². The highest BCUT2D eigenvalue weighted by molar-refractivity contribution is 5.64. The number of benzene rings is 2. The lowest BCUT2D eigenvalue weighted by molar-refractivity contribution is -0.384. The maximum Gasteiger partial charge on any atom is 0.292 e. The summed E-state index contributed by atoms with van der Waals surface area (Å²) in [6.45, 7) is 0.523. The maximum absolute atomic E-state index is 11.0. The van der Waals surface area contributed by atoms with Crippen LogP contribution in [0.5, 0.6) is 5.75 Å². The molecule has 0 radical (unpaired) electrons. The third kappa shape index (κ3) is 3.22. The van der Waals surface area contributed by atoms with Crippen molar-refractivity contribution >= 4 is 11.4 Å². The molecule has 1 N–H and O–H groups in total. The average molecular weight is 258 g/mol. The monoisotopic (exact) mass is 258 g/mol. The molecule has 0 saturated heterocycles. The van der Waals surface area contributed by atoms with Crippen molar-refractivity contribution in [3.63, 3.8) is 0 Å². The van der Waals surface area contributed by atoms with E-state index in [0.717, 1.165) is 5.56 Å². The zero-order chi connectivity index (χ0) is 13.7. The normalized spacial score (nSPS) is 9.95. The van der Waals surface area contributed by atoms with Gasteiger partial charge in [-0.05, 0) is 11.6 Å². The van der Waals surface area contributed by atoms with E-state index in [0.29, 0.717) is 18.0 Å². The van der Waals surface area contributed by atoms with E-state index in [1.165, 1.54) is 13.2 Å². The van der Waals surface area contributed by atoms with Gasteiger partial charge in [-0.2, -0.15) is 0 Å². The van der Waals surface area contributed by atoms with Gasteiger partial charge in [0, 0.05) is 18.7 Å². The second-order valence-electron chi connectivity index (χ2n) is 3.98. The van der Waals surface area contributed by atoms with Crippen molar-refractivity contribution in [1.29, 1.82) is 0 Å². The summed E-state index contributed by atoms with van der Waals surface area (Å²) in [7, 11) is 1.53. The topological polar surface area (TPSA) is 64.4 Å². The molecule has 0 spiro atoms. The number of hydrogen-bond donors (Lipinski definition) is 1. The third-order valence-electron chi connectivity index (χ3n) is 2.73. The number of nitro benzene ring substituents is 1. The van der Waals surface area contributed by atoms with Crippen molar-refractivity contribution < 1.29 is 9.66 Å². The molecule has 0 bridgehead atoms. The Hall–Kier alpha value is -2.56. The Kier molecular flexibility index (Phi) is 3.97. The van der Waals surface area contributed by atoms with E-state index in [1.807, 2.05) is 30.3 Å². The SMILES string of the molecule is COc1ccc([N+](=O)[O-])c(NCc2ccccc2)c1. The Balaban J connectivity index is 2.20. The molecular formula is C14H14N2O3. The molecule has 5 heteroatoms. The maximum atomic E-state index is 11.0. The summed E-state index contributed by atoms with van der Waals surface area (Å²) in [6.07, 6.45) is 0. The fourth-order valence-electron chi connectivity index (χ4n) is 1.74. The molecule has 0 amide bonds. The Morgan fingerprint density at radius 2 is 1.95 bits per heavy atom. The molecule has 0 atom stereocenters. The van der Waals surface area contributed by atoms with Crippen LogP contribution < -0.4 is 10.1 Å². The van der Waals surface area contributed by atoms with Crippen LogP contribution in [-0.2, 0) is 6.54 Å². The first kappa shape index (κ1) is 12.9. The molecule has 0 aromatic heterocycles. The van der Waals surface area contributed by atoms with Gasteiger partial charge in [-0.25, -0.2) is 0 Å². The first-order chi connectivity index (χ1) is 9.20. The minimum absolute atomic E-state index is 0.0386. The standard InChI is InChI=1S/C14H14N2O3/c1-19-12-7-8-14(16(17)18)13(9-12)15-10-11-5-3-2-4-6-11/h2-9,15H,10H2,1H3. The van der Waals surface area contributed by atoms with Crippen molar-refractivity contribution in [2.45, 2.75) is 6.54 Å². The van der Waals surface area contributed by atoms with E-state index < -0.39 is 4.92 Å². The summed E-state index contributed by atoms with van der Waals surface area (Å²) in [5.74, 6) is 0.584. The second-order valence-corrected chi connectivity index (χ2v) is 3.98. The lowest BCUT2D eigenvalue weighted by Gasteiger charge is -2.08. The van der Waals surface area contributed by atoms with E-state index in [2.05, 4.69) is 5.32 Å². The molecule has 2 rings (SSSR count). The van der Waals surface area contributed by atoms with Gasteiger partial charge in [0.15, 0.2) is 0 Å². The van der Waals surface area contributed by atoms with E-state index in [-0.39, 0.29) is 5.69 Å². The molecule has 0 unspecified atom stereocenters. The zero-order valence-electron chi connectivity index (χ0n) is 10.5. The number of nitrogens with one attached hydrogen (secondary N) is 1. The molecule has 2 aromatic carbocycles. The average Bonchev–Trinajstić information content (AvgIpc) is 2.45. The molecule has 0 aliphatic heterocycles. The van der Waals surface area contributed by atoms with Crippen LogP contribution in [0.3, 0.4) is 0 Å². The molecule has 0 aliphatic carbocycles. The van der Waals surface area contributed by atoms with Crippen LogP contribution in [0, 0.1) is 10.1 Å². The molecular weight excluding hydrogens is 244 g/mol. The molecule has 98 valence electrons. The van der Waals surface area contributed by atoms with E-state index in [1.54, 1.807) is 12.1 Å². The van der Waals surface area contributed by atoms with Crippen molar-refractivity contribution in [3.05, 3.63) is 64.2 Å². The van der Waals surface area contributed by atoms with E-state index in [9.17, 15) is 10.1 Å². The van der Waals surface area contributed by atoms with Crippen molar-refractivity contribution in [1.82, 2.24) is 0 Å². The zero-order valence-corrected chi connectivity index (χ0v) is 10.5. The van der Waals surface area contributed by atoms with Crippen LogP contribution in [0.25, 0.3) is 0 Å². The van der Waals surface area contributed by atoms with Gasteiger partial charge in [-0.1, -0.05) is 30.3 Å². The Morgan fingerprint density at radius 3 is 2.58 bits per heavy atom. The quantitative estimate of drug-likeness (QED) is 0.660. The van der Waals surface area contributed by atoms with Gasteiger partial charge in [0.2, 0.25) is 0 Å². The first-order valence-corrected chi connectivity index (χ1v) is 5.81. The lowest BCUT2D eigenvalue weighted by Crippen LogP contribution is -2.02. The summed E-state index contributed by atoms with van der Waals surface area (Å²) < 4.78 is 5.08. The largest absolute Gasteiger partial charge is 0.497 e. The van der Waals surface area contributed by atoms with E-state index in [4.69, 9.17) is 4.74 Å². The van der Waals surface area contributed by atoms with Crippen LogP contribution in [0.4, 0.5) is 11.4 Å². The summed E-state index contributed by atoms with van der Waals surface area (Å²) in [4.78, 5) is 10.5. The predicted molar refractivity (Wildman–Crippen MR) is 73.4 cm³/mol. The minimum Gasteiger partial charge on any atom is -0.497 e. The Labute approximate surface area is 111 Å². The number of nitro groups is 1. The summed E-state index contributed by atoms with van der Waals surface area (Å²) >= 11 is 0. The van der Waals surface area contributed by atoms with Crippen LogP contribution in [-0.4, -0.2) is 12.0 Å². The van der Waals surface area contributed by atoms with Crippen LogP contribution in [0.1, 0.15) is 5.56 Å². The summed E-state index contributed by atoms with van der Waals surface area (Å²) in [6, 6.07) is 14.3. The van der Waals surface area contributed by atoms with Gasteiger partial charge in [-0.15, -0.1) is 0 Å². The first-order valence-electron chi connectivity index (χ1n) is 5.81. The highest BCUT2D eigenvalue weighted by Gasteiger charge is 2.14. The number of rotatable bonds is 5. The van der Waals surface area contributed by atoms with Gasteiger partial charge in [-0.3, -0.25) is 10.1 Å². The fraction of sp³-hybridized carbons (Fsp3) is 0.143. The Bertz CT molecular complexity index is 570. The molecule has 0 heterocycles. The van der Waals surface area contributed by atoms with Gasteiger partial charge in [0.1, 0.15) is 11.4 Å². The molecule has 0 aliphatic rings. The predicted octanol–water partition coefficient (Wildman–Crippen LogP) is 3.22. The van der Waals surface area contributed by atoms with Crippen molar-refractivity contribution in [3.8, 4) is 5.75 Å². The van der Waals surface area contributed by atoms with Crippen LogP contribution in [0.2, 0.25) is 0 Å². The van der Waals surface area contributed by atoms with Gasteiger partial charge < -0.3 is 10.1 Å². The third-order valence-corrected chi connectivity index (χ3v) is 2.73. The molecule has 5 nitrogen and oxygen atoms in total. The van der Waals surface area contributed by atoms with Crippen molar-refractivity contribution in [2.75, 3.05) is 12.4 Å². The lowest BCUT2D eigenvalue weighted by atomic mass is 10.2. The number of anilines is 1. The molecule has 2 aromatic rings. The van der Waals surface area contributed by atoms with Crippen LogP contribution in [0.15, 0.2) is 48.5 Å². The molecule has 0 saturated carbocycles. The number of hydrogen-bond acceptors (Lipinski definition) is 4. The molecule has 19 heavy (non-hydrogen) atoms. The van der Waals surface area contributed by atoms with Gasteiger partial charge in [0.25, 0.3) is 5.69 Å². The highest BCUT2D eigenvalue weighted by atomic mass is 16.6. The van der Waals surface area contributed by atoms with Crippen LogP contribution >= 0.6 is 0 Å². The van der Waals surface area contributed by atoms with E-state index >= 15 is 0 Å². The smallest absolute Gasteiger partial charge is 0.292 e. The number of methoxy groups -OCH3 is 1. The second kappa shape index (κ2) is 5.86. The highest BCUT2D eigenvalue weighted by Crippen LogP contribution is 2.29. The summed E-state index contributed by atoms with van der Waals surface area (Å²) in [5.41, 5.74) is 1.55. The van der Waals surface area contributed by atoms with Crippen molar-refractivity contribution in [2.24, 2.45) is 0 Å². The number of ether oxygens (including phenoxy) is 1. The fourth-order valence-corrected chi connectivity index (χ4v) is 1.74. The summed E-state index contributed by atoms with van der Waals surface area (Å²) in [5, 5.41) is 14.0.